The summed E-state index contributed by atoms with van der Waals surface area (Å²) in [4.78, 5) is 30.7. The molecule has 12 nitrogen and oxygen atoms in total. The summed E-state index contributed by atoms with van der Waals surface area (Å²) in [6.07, 6.45) is -1.58. The van der Waals surface area contributed by atoms with Crippen LogP contribution in [0.15, 0.2) is 146 Å². The van der Waals surface area contributed by atoms with Crippen molar-refractivity contribution < 1.29 is 109 Å². The molecule has 12 N–H and O–H groups in total. The summed E-state index contributed by atoms with van der Waals surface area (Å²) in [5, 5.41) is 52.2. The number of rotatable bonds is 9. The van der Waals surface area contributed by atoms with Crippen LogP contribution in [0.3, 0.4) is 0 Å². The average molecular weight is 1130 g/mol. The molecule has 0 amide bonds. The van der Waals surface area contributed by atoms with E-state index in [0.717, 1.165) is 54.2 Å². The molecule has 0 spiro atoms. The van der Waals surface area contributed by atoms with E-state index in [4.69, 9.17) is 47.8 Å². The van der Waals surface area contributed by atoms with E-state index in [1.165, 1.54) is 18.2 Å². The van der Waals surface area contributed by atoms with Crippen molar-refractivity contribution in [1.29, 1.82) is 0 Å². The first kappa shape index (κ1) is 58.6. The van der Waals surface area contributed by atoms with Gasteiger partial charge in [-0.05, 0) is 89.0 Å². The molecule has 6 aromatic rings. The van der Waals surface area contributed by atoms with Gasteiger partial charge in [0.05, 0.1) is 0 Å². The van der Waals surface area contributed by atoms with Gasteiger partial charge in [0.2, 0.25) is 0 Å². The Bertz CT molecular complexity index is 2330. The molecule has 0 heterocycles. The van der Waals surface area contributed by atoms with Gasteiger partial charge in [-0.3, -0.25) is 0 Å². The van der Waals surface area contributed by atoms with E-state index in [-0.39, 0.29) is 73.6 Å². The number of hydrogen-bond donors (Lipinski definition) is 9. The number of benzene rings is 6. The smallest absolute Gasteiger partial charge is 0.337 e. The fraction of sp³-hybridized carbons (Fsp3) is 0.235. The number of carboxylic acids is 3. The fourth-order valence-electron chi connectivity index (χ4n) is 6.36. The summed E-state index contributed by atoms with van der Waals surface area (Å²) < 4.78 is 75.5. The number of halogens is 6. The van der Waals surface area contributed by atoms with E-state index in [9.17, 15) is 40.7 Å². The summed E-state index contributed by atoms with van der Waals surface area (Å²) >= 11 is 0. The summed E-state index contributed by atoms with van der Waals surface area (Å²) in [7, 11) is 0. The largest absolute Gasteiger partial charge is 0.479 e. The second-order valence-electron chi connectivity index (χ2n) is 16.0. The Morgan fingerprint density at radius 3 is 0.743 bits per heavy atom. The normalized spacial score (nSPS) is 19.9. The van der Waals surface area contributed by atoms with E-state index in [1.807, 2.05) is 0 Å². The Morgan fingerprint density at radius 2 is 0.586 bits per heavy atom. The molecule has 0 aliphatic heterocycles. The van der Waals surface area contributed by atoms with Crippen molar-refractivity contribution in [2.45, 2.75) is 73.5 Å². The van der Waals surface area contributed by atoms with Crippen molar-refractivity contribution >= 4 is 17.9 Å². The van der Waals surface area contributed by atoms with Crippen LogP contribution in [-0.4, -0.2) is 66.7 Å². The predicted molar refractivity (Wildman–Crippen MR) is 242 cm³/mol. The average Bonchev–Trinajstić information content (AvgIpc) is 4.31. The molecule has 0 saturated heterocycles. The van der Waals surface area contributed by atoms with Crippen molar-refractivity contribution in [3.63, 3.8) is 0 Å². The molecule has 70 heavy (non-hydrogen) atoms. The van der Waals surface area contributed by atoms with Crippen molar-refractivity contribution in [2.24, 2.45) is 17.2 Å². The first-order valence-electron chi connectivity index (χ1n) is 21.2. The molecule has 19 heteroatoms. The standard InChI is InChI=1S/3C9H9F2N.3C8H8O3.Ho/c3*10-7-2-1-5(3-8(7)11)6-4-9(6)12;3*9-7(8(10)11)6-4-2-1-3-5-6;/h3*1-3,6,9H,4,12H2;3*1-5,7,9H,(H,10,11);. The third kappa shape index (κ3) is 18.9. The molecule has 1 radical (unpaired) electrons. The van der Waals surface area contributed by atoms with Crippen LogP contribution in [0.2, 0.25) is 0 Å². The Kier molecular flexibility index (Phi) is 23.7. The van der Waals surface area contributed by atoms with Crippen LogP contribution in [-0.2, 0) is 14.4 Å². The summed E-state index contributed by atoms with van der Waals surface area (Å²) in [5.41, 5.74) is 20.3. The van der Waals surface area contributed by atoms with Crippen molar-refractivity contribution in [1.82, 2.24) is 0 Å². The van der Waals surface area contributed by atoms with Gasteiger partial charge >= 0.3 is 17.9 Å². The monoisotopic (exact) mass is 1130 g/mol. The maximum Gasteiger partial charge on any atom is 0.337 e. The third-order valence-electron chi connectivity index (χ3n) is 10.7. The summed E-state index contributed by atoms with van der Waals surface area (Å²) in [6, 6.07) is 37.1. The molecule has 0 aromatic heterocycles. The third-order valence-corrected chi connectivity index (χ3v) is 10.7. The van der Waals surface area contributed by atoms with Crippen molar-refractivity contribution in [2.75, 3.05) is 0 Å². The van der Waals surface area contributed by atoms with Crippen LogP contribution in [0, 0.1) is 72.6 Å². The number of aliphatic hydroxyl groups excluding tert-OH is 3. The topological polar surface area (TPSA) is 251 Å². The van der Waals surface area contributed by atoms with Crippen LogP contribution >= 0.6 is 0 Å². The number of hydrogen-bond acceptors (Lipinski definition) is 9. The van der Waals surface area contributed by atoms with Gasteiger partial charge < -0.3 is 47.8 Å². The molecule has 377 valence electrons. The number of aliphatic carboxylic acids is 3. The van der Waals surface area contributed by atoms with E-state index >= 15 is 0 Å². The maximum absolute atomic E-state index is 12.7. The molecule has 3 aliphatic carbocycles. The zero-order valence-corrected chi connectivity index (χ0v) is 38.8. The quantitative estimate of drug-likeness (QED) is 0.0498. The van der Waals surface area contributed by atoms with Gasteiger partial charge in [0.1, 0.15) is 0 Å². The zero-order valence-electron chi connectivity index (χ0n) is 36.9. The Labute approximate surface area is 429 Å². The van der Waals surface area contributed by atoms with Crippen LogP contribution in [0.25, 0.3) is 0 Å². The van der Waals surface area contributed by atoms with Crippen LogP contribution in [0.5, 0.6) is 0 Å². The molecular formula is C51H51F6HoN3O9. The molecule has 3 fully saturated rings. The molecule has 3 aliphatic rings. The minimum Gasteiger partial charge on any atom is -0.479 e. The summed E-state index contributed by atoms with van der Waals surface area (Å²) in [6.45, 7) is 0. The SMILES string of the molecule is NC1CC1c1ccc(F)c(F)c1.NC1CC1c1ccc(F)c(F)c1.NC1CC1c1ccc(F)c(F)c1.O=C(O)C(O)c1ccccc1.O=C(O)C(O)c1ccccc1.O=C(O)C(O)c1ccccc1.[Ho]. The van der Waals surface area contributed by atoms with Gasteiger partial charge in [-0.25, -0.2) is 40.7 Å². The number of carbonyl (C=O) groups is 3. The van der Waals surface area contributed by atoms with Gasteiger partial charge in [0.25, 0.3) is 0 Å². The predicted octanol–water partition coefficient (Wildman–Crippen LogP) is 7.75. The van der Waals surface area contributed by atoms with Gasteiger partial charge in [-0.2, -0.15) is 0 Å². The summed E-state index contributed by atoms with van der Waals surface area (Å²) in [5.74, 6) is -7.72. The number of carboxylic acid groups (broad SMARTS) is 3. The van der Waals surface area contributed by atoms with Crippen molar-refractivity contribution in [3.05, 3.63) is 214 Å². The molecule has 3 saturated carbocycles. The molecule has 0 bridgehead atoms. The van der Waals surface area contributed by atoms with E-state index < -0.39 is 71.1 Å². The zero-order chi connectivity index (χ0) is 50.9. The van der Waals surface area contributed by atoms with Crippen LogP contribution < -0.4 is 17.2 Å². The van der Waals surface area contributed by atoms with Gasteiger partial charge in [0.15, 0.2) is 53.2 Å². The number of aliphatic hydroxyl groups is 3. The second-order valence-corrected chi connectivity index (χ2v) is 16.0. The first-order chi connectivity index (χ1) is 32.7. The first-order valence-corrected chi connectivity index (χ1v) is 21.2. The second kappa shape index (κ2) is 28.2. The minimum absolute atomic E-state index is 0. The maximum atomic E-state index is 12.7. The molecular weight excluding hydrogens is 1080 g/mol. The van der Waals surface area contributed by atoms with E-state index in [0.29, 0.717) is 16.7 Å². The van der Waals surface area contributed by atoms with E-state index in [2.05, 4.69) is 0 Å². The minimum atomic E-state index is -1.41. The van der Waals surface area contributed by atoms with Crippen LogP contribution in [0.1, 0.15) is 88.7 Å². The van der Waals surface area contributed by atoms with Crippen molar-refractivity contribution in [3.8, 4) is 0 Å². The fourth-order valence-corrected chi connectivity index (χ4v) is 6.36. The Morgan fingerprint density at radius 1 is 0.386 bits per heavy atom. The molecule has 9 rings (SSSR count). The van der Waals surface area contributed by atoms with Gasteiger partial charge in [-0.1, -0.05) is 109 Å². The molecule has 9 unspecified atom stereocenters. The Hall–Kier alpha value is -5.67. The van der Waals surface area contributed by atoms with Gasteiger partial charge in [0, 0.05) is 73.6 Å². The Balaban J connectivity index is 0.000000222. The van der Waals surface area contributed by atoms with Gasteiger partial charge in [-0.15, -0.1) is 0 Å². The van der Waals surface area contributed by atoms with E-state index in [1.54, 1.807) is 109 Å². The molecule has 6 aromatic carbocycles. The van der Waals surface area contributed by atoms with Crippen LogP contribution in [0.4, 0.5) is 26.3 Å². The number of nitrogens with two attached hydrogens (primary N) is 3. The molecule has 9 atom stereocenters.